The summed E-state index contributed by atoms with van der Waals surface area (Å²) in [4.78, 5) is 115. The highest BCUT2D eigenvalue weighted by atomic mass is 16.2. The molecule has 0 rings (SSSR count). The molecule has 0 atom stereocenters. The molecular weight excluding hydrogens is 1050 g/mol. The molecule has 0 amide bonds. The molecule has 0 N–H and O–H groups in total. The van der Waals surface area contributed by atoms with Crippen LogP contribution in [0.15, 0.2) is 36.5 Å². The Bertz CT molecular complexity index is 1680. The number of carbonyl (C=O) groups excluding carboxylic acids is 7. The first-order valence-corrected chi connectivity index (χ1v) is 37.1. The third kappa shape index (κ3) is 33.3. The molecule has 0 heterocycles. The number of hydrogen-bond acceptors (Lipinski definition) is 7. The second-order valence-electron chi connectivity index (χ2n) is 25.9. The van der Waals surface area contributed by atoms with Crippen LogP contribution in [0.4, 0.5) is 0 Å². The van der Waals surface area contributed by atoms with Crippen molar-refractivity contribution in [2.75, 3.05) is 0 Å². The van der Waals surface area contributed by atoms with Gasteiger partial charge in [0.25, 0.3) is 0 Å². The Kier molecular flexibility index (Phi) is 55.3. The number of allylic oxidation sites excluding steroid dienone is 6. The Morgan fingerprint density at radius 1 is 0.259 bits per heavy atom. The van der Waals surface area contributed by atoms with Crippen LogP contribution in [0.25, 0.3) is 0 Å². The number of aldehydes is 1. The van der Waals surface area contributed by atoms with E-state index < -0.39 is 50.9 Å². The van der Waals surface area contributed by atoms with Crippen LogP contribution in [0.5, 0.6) is 0 Å². The molecule has 0 aliphatic heterocycles. The number of Topliss-reactive ketones (excluding diaryl/α,β-unsaturated/α-hetero) is 6. The molecule has 0 aromatic rings. The molecule has 0 saturated heterocycles. The lowest BCUT2D eigenvalue weighted by Gasteiger charge is -2.54. The van der Waals surface area contributed by atoms with Crippen molar-refractivity contribution in [2.24, 2.45) is 16.2 Å². The van der Waals surface area contributed by atoms with Crippen LogP contribution in [-0.4, -0.2) is 41.0 Å². The molecule has 85 heavy (non-hydrogen) atoms. The van der Waals surface area contributed by atoms with E-state index in [0.717, 1.165) is 225 Å². The molecule has 0 unspecified atom stereocenters. The summed E-state index contributed by atoms with van der Waals surface area (Å²) in [6, 6.07) is 0. The Labute approximate surface area is 526 Å². The third-order valence-corrected chi connectivity index (χ3v) is 18.6. The molecular formula is C78H138O7. The summed E-state index contributed by atoms with van der Waals surface area (Å²) >= 11 is 0. The van der Waals surface area contributed by atoms with Crippen LogP contribution in [0.2, 0.25) is 0 Å². The van der Waals surface area contributed by atoms with Crippen molar-refractivity contribution in [3.05, 3.63) is 36.5 Å². The molecule has 0 saturated carbocycles. The highest BCUT2D eigenvalue weighted by Crippen LogP contribution is 2.61. The minimum absolute atomic E-state index is 0.0553. The van der Waals surface area contributed by atoms with Crippen molar-refractivity contribution in [3.63, 3.8) is 0 Å². The van der Waals surface area contributed by atoms with E-state index in [2.05, 4.69) is 84.9 Å². The van der Waals surface area contributed by atoms with E-state index in [0.29, 0.717) is 89.8 Å². The van der Waals surface area contributed by atoms with Gasteiger partial charge in [-0.25, -0.2) is 0 Å². The van der Waals surface area contributed by atoms with Crippen LogP contribution in [0.3, 0.4) is 0 Å². The molecule has 7 nitrogen and oxygen atoms in total. The summed E-state index contributed by atoms with van der Waals surface area (Å²) in [5.74, 6) is -3.78. The number of rotatable bonds is 67. The van der Waals surface area contributed by atoms with E-state index in [1.165, 1.54) is 0 Å². The zero-order chi connectivity index (χ0) is 62.8. The second-order valence-corrected chi connectivity index (χ2v) is 25.9. The van der Waals surface area contributed by atoms with Crippen LogP contribution in [0.1, 0.15) is 402 Å². The normalized spacial score (nSPS) is 12.4. The van der Waals surface area contributed by atoms with Crippen molar-refractivity contribution in [3.8, 4) is 0 Å². The minimum atomic E-state index is -2.82. The van der Waals surface area contributed by atoms with Gasteiger partial charge in [-0.2, -0.15) is 0 Å². The van der Waals surface area contributed by atoms with E-state index in [9.17, 15) is 0 Å². The van der Waals surface area contributed by atoms with Gasteiger partial charge in [0, 0.05) is 38.5 Å². The summed E-state index contributed by atoms with van der Waals surface area (Å²) in [5.41, 5.74) is -8.00. The van der Waals surface area contributed by atoms with Crippen LogP contribution in [-0.2, 0) is 33.6 Å². The first kappa shape index (κ1) is 81.9. The topological polar surface area (TPSA) is 119 Å². The largest absolute Gasteiger partial charge is 0.302 e. The van der Waals surface area contributed by atoms with Gasteiger partial charge in [0.1, 0.15) is 40.2 Å². The second kappa shape index (κ2) is 57.4. The maximum absolute atomic E-state index is 16.9. The van der Waals surface area contributed by atoms with Gasteiger partial charge in [-0.15, -0.1) is 0 Å². The number of carbonyl (C=O) groups is 7. The van der Waals surface area contributed by atoms with E-state index in [1.807, 2.05) is 0 Å². The molecule has 0 aliphatic rings. The predicted octanol–water partition coefficient (Wildman–Crippen LogP) is 23.8. The molecule has 0 aromatic heterocycles. The fourth-order valence-electron chi connectivity index (χ4n) is 13.4. The molecule has 0 spiro atoms. The van der Waals surface area contributed by atoms with Gasteiger partial charge in [0.2, 0.25) is 0 Å². The highest BCUT2D eigenvalue weighted by molar-refractivity contribution is 6.32. The molecule has 0 aliphatic carbocycles. The SMILES string of the molecule is CC/C=C/C/C=C/C/C=C/CCCCC(C(=O)CCCCCCCCC)(C(=O)CCCCCCCCC)C(C(=O)CCCCCCCCC)(C(=O)CCCCCCCCC)C(C=O)(C(=O)CCCCCCCCC)C(=O)CCCCCCCCC. The summed E-state index contributed by atoms with van der Waals surface area (Å²) in [6.07, 6.45) is 54.5. The number of unbranched alkanes of at least 4 members (excludes halogenated alkanes) is 38. The minimum Gasteiger partial charge on any atom is -0.302 e. The Balaban J connectivity index is 9.03. The van der Waals surface area contributed by atoms with Crippen molar-refractivity contribution < 1.29 is 33.6 Å². The fraction of sp³-hybridized carbons (Fsp3) is 0.833. The molecule has 0 aromatic carbocycles. The van der Waals surface area contributed by atoms with Gasteiger partial charge < -0.3 is 4.79 Å². The lowest BCUT2D eigenvalue weighted by molar-refractivity contribution is -0.185. The van der Waals surface area contributed by atoms with Gasteiger partial charge >= 0.3 is 0 Å². The zero-order valence-corrected chi connectivity index (χ0v) is 57.3. The quantitative estimate of drug-likeness (QED) is 0.0257. The van der Waals surface area contributed by atoms with Crippen molar-refractivity contribution in [1.82, 2.24) is 0 Å². The standard InChI is InChI=1S/C78H138O7/c1-8-15-22-29-36-37-38-39-40-47-54-61-68-76(70(80)62-55-48-41-30-23-16-9-2,71(81)63-56-49-42-31-24-17-10-3)78(74(84)66-59-52-45-34-27-20-13-6,75(85)67-60-53-46-35-28-21-14-7)77(69-79,72(82)64-57-50-43-32-25-18-11-4)73(83)65-58-51-44-33-26-19-12-5/h15,22,36-37,39-40,69H,8-14,16-21,23-35,38,41-68H2,1-7H3/b22-15+,37-36+,40-39+. The summed E-state index contributed by atoms with van der Waals surface area (Å²) in [7, 11) is 0. The van der Waals surface area contributed by atoms with Crippen LogP contribution >= 0.6 is 0 Å². The van der Waals surface area contributed by atoms with Gasteiger partial charge in [0.15, 0.2) is 17.0 Å². The number of hydrogen-bond donors (Lipinski definition) is 0. The fourth-order valence-corrected chi connectivity index (χ4v) is 13.4. The maximum atomic E-state index is 16.9. The van der Waals surface area contributed by atoms with E-state index in [1.54, 1.807) is 0 Å². The highest BCUT2D eigenvalue weighted by Gasteiger charge is 2.78. The van der Waals surface area contributed by atoms with Crippen molar-refractivity contribution in [2.45, 2.75) is 402 Å². The maximum Gasteiger partial charge on any atom is 0.163 e. The Morgan fingerprint density at radius 3 is 0.788 bits per heavy atom. The molecule has 7 heteroatoms. The van der Waals surface area contributed by atoms with E-state index in [-0.39, 0.29) is 44.9 Å². The number of ketones is 6. The van der Waals surface area contributed by atoms with Gasteiger partial charge in [0.05, 0.1) is 0 Å². The summed E-state index contributed by atoms with van der Waals surface area (Å²) < 4.78 is 0. The lowest BCUT2D eigenvalue weighted by Crippen LogP contribution is -2.72. The van der Waals surface area contributed by atoms with Gasteiger partial charge in [-0.05, 0) is 77.0 Å². The zero-order valence-electron chi connectivity index (χ0n) is 57.3. The lowest BCUT2D eigenvalue weighted by atomic mass is 9.40. The molecule has 0 radical (unpaired) electrons. The third-order valence-electron chi connectivity index (χ3n) is 18.6. The van der Waals surface area contributed by atoms with E-state index >= 15 is 33.6 Å². The van der Waals surface area contributed by atoms with Crippen LogP contribution in [0, 0.1) is 16.2 Å². The smallest absolute Gasteiger partial charge is 0.163 e. The molecule has 0 fully saturated rings. The average Bonchev–Trinajstić information content (AvgIpc) is 0.709. The first-order valence-electron chi connectivity index (χ1n) is 37.1. The predicted molar refractivity (Wildman–Crippen MR) is 364 cm³/mol. The summed E-state index contributed by atoms with van der Waals surface area (Å²) in [5, 5.41) is 0. The monoisotopic (exact) mass is 1190 g/mol. The van der Waals surface area contributed by atoms with Gasteiger partial charge in [-0.1, -0.05) is 322 Å². The Morgan fingerprint density at radius 2 is 0.506 bits per heavy atom. The summed E-state index contributed by atoms with van der Waals surface area (Å²) in [6.45, 7) is 15.2. The van der Waals surface area contributed by atoms with E-state index in [4.69, 9.17) is 0 Å². The van der Waals surface area contributed by atoms with Crippen LogP contribution < -0.4 is 0 Å². The van der Waals surface area contributed by atoms with Crippen molar-refractivity contribution in [1.29, 1.82) is 0 Å². The molecule has 492 valence electrons. The average molecular weight is 1190 g/mol. The Hall–Kier alpha value is -3.09. The van der Waals surface area contributed by atoms with Gasteiger partial charge in [-0.3, -0.25) is 28.8 Å². The first-order chi connectivity index (χ1) is 41.5. The van der Waals surface area contributed by atoms with Crippen molar-refractivity contribution >= 4 is 41.0 Å². The molecule has 0 bridgehead atoms.